The molecule has 1 aromatic heterocycles. The minimum Gasteiger partial charge on any atom is -0.339 e. The Morgan fingerprint density at radius 1 is 1.17 bits per heavy atom. The Hall–Kier alpha value is -2.22. The molecule has 0 saturated carbocycles. The van der Waals surface area contributed by atoms with Crippen LogP contribution in [0.4, 0.5) is 0 Å². The third-order valence-corrected chi connectivity index (χ3v) is 4.96. The first-order chi connectivity index (χ1) is 11.4. The first-order valence-electron chi connectivity index (χ1n) is 7.09. The van der Waals surface area contributed by atoms with Gasteiger partial charge in [0, 0.05) is 24.1 Å². The monoisotopic (exact) mass is 363 g/mol. The normalized spacial score (nSPS) is 11.6. The van der Waals surface area contributed by atoms with Crippen LogP contribution in [0.1, 0.15) is 11.5 Å². The largest absolute Gasteiger partial charge is 0.339 e. The molecule has 3 aromatic rings. The Kier molecular flexibility index (Phi) is 4.66. The van der Waals surface area contributed by atoms with Crippen molar-refractivity contribution < 1.29 is 12.9 Å². The Morgan fingerprint density at radius 3 is 2.58 bits per heavy atom. The van der Waals surface area contributed by atoms with Crippen molar-refractivity contribution in [2.45, 2.75) is 18.4 Å². The summed E-state index contributed by atoms with van der Waals surface area (Å²) in [6.45, 7) is 1.84. The number of aryl methyl sites for hydroxylation is 1. The molecule has 0 bridgehead atoms. The van der Waals surface area contributed by atoms with Crippen molar-refractivity contribution in [1.82, 2.24) is 14.9 Å². The summed E-state index contributed by atoms with van der Waals surface area (Å²) in [5.41, 5.74) is 1.38. The lowest BCUT2D eigenvalue weighted by Gasteiger charge is -2.08. The van der Waals surface area contributed by atoms with E-state index in [2.05, 4.69) is 14.9 Å². The van der Waals surface area contributed by atoms with Crippen LogP contribution in [0.5, 0.6) is 0 Å². The molecule has 124 valence electrons. The molecule has 8 heteroatoms. The van der Waals surface area contributed by atoms with Gasteiger partial charge in [-0.2, -0.15) is 4.98 Å². The molecular weight excluding hydrogens is 350 g/mol. The Labute approximate surface area is 144 Å². The van der Waals surface area contributed by atoms with Crippen LogP contribution < -0.4 is 4.72 Å². The van der Waals surface area contributed by atoms with Gasteiger partial charge in [0.15, 0.2) is 0 Å². The molecule has 3 rings (SSSR count). The maximum Gasteiger partial charge on any atom is 0.240 e. The number of rotatable bonds is 5. The summed E-state index contributed by atoms with van der Waals surface area (Å²) >= 11 is 5.82. The number of aromatic nitrogens is 2. The summed E-state index contributed by atoms with van der Waals surface area (Å²) in [6.07, 6.45) is 0. The molecule has 24 heavy (non-hydrogen) atoms. The summed E-state index contributed by atoms with van der Waals surface area (Å²) in [5.74, 6) is 0.765. The van der Waals surface area contributed by atoms with Crippen molar-refractivity contribution in [3.05, 3.63) is 65.0 Å². The second-order valence-corrected chi connectivity index (χ2v) is 7.32. The molecule has 2 aromatic carbocycles. The highest BCUT2D eigenvalue weighted by atomic mass is 35.5. The van der Waals surface area contributed by atoms with E-state index in [0.29, 0.717) is 22.3 Å². The summed E-state index contributed by atoms with van der Waals surface area (Å²) in [7, 11) is -3.66. The molecular formula is C16H14ClN3O3S. The van der Waals surface area contributed by atoms with E-state index in [9.17, 15) is 8.42 Å². The third kappa shape index (κ3) is 3.81. The number of hydrogen-bond donors (Lipinski definition) is 1. The van der Waals surface area contributed by atoms with Crippen LogP contribution >= 0.6 is 11.6 Å². The minimum absolute atomic E-state index is 0.136. The fourth-order valence-electron chi connectivity index (χ4n) is 2.08. The van der Waals surface area contributed by atoms with Crippen molar-refractivity contribution in [1.29, 1.82) is 0 Å². The highest BCUT2D eigenvalue weighted by Crippen LogP contribution is 2.20. The van der Waals surface area contributed by atoms with E-state index >= 15 is 0 Å². The smallest absolute Gasteiger partial charge is 0.240 e. The molecule has 6 nitrogen and oxygen atoms in total. The van der Waals surface area contributed by atoms with Gasteiger partial charge in [-0.1, -0.05) is 41.0 Å². The fourth-order valence-corrected chi connectivity index (χ4v) is 3.27. The zero-order valence-corrected chi connectivity index (χ0v) is 14.3. The van der Waals surface area contributed by atoms with Crippen molar-refractivity contribution in [3.63, 3.8) is 0 Å². The predicted octanol–water partition coefficient (Wildman–Crippen LogP) is 3.18. The van der Waals surface area contributed by atoms with Gasteiger partial charge in [-0.15, -0.1) is 0 Å². The van der Waals surface area contributed by atoms with Gasteiger partial charge in [-0.25, -0.2) is 13.1 Å². The number of halogens is 1. The van der Waals surface area contributed by atoms with Crippen molar-refractivity contribution in [3.8, 4) is 11.4 Å². The quantitative estimate of drug-likeness (QED) is 0.752. The number of benzene rings is 2. The van der Waals surface area contributed by atoms with Crippen molar-refractivity contribution in [2.75, 3.05) is 0 Å². The lowest BCUT2D eigenvalue weighted by atomic mass is 10.2. The van der Waals surface area contributed by atoms with Crippen LogP contribution in [0.3, 0.4) is 0 Å². The zero-order valence-electron chi connectivity index (χ0n) is 12.7. The number of hydrogen-bond acceptors (Lipinski definition) is 5. The van der Waals surface area contributed by atoms with E-state index in [1.165, 1.54) is 12.1 Å². The lowest BCUT2D eigenvalue weighted by molar-refractivity contribution is 0.394. The third-order valence-electron chi connectivity index (χ3n) is 3.31. The van der Waals surface area contributed by atoms with Crippen LogP contribution in [0.25, 0.3) is 11.4 Å². The molecule has 0 radical (unpaired) electrons. The molecule has 1 N–H and O–H groups in total. The first kappa shape index (κ1) is 16.6. The van der Waals surface area contributed by atoms with Crippen molar-refractivity contribution >= 4 is 21.6 Å². The van der Waals surface area contributed by atoms with Gasteiger partial charge < -0.3 is 4.52 Å². The van der Waals surface area contributed by atoms with Crippen LogP contribution in [-0.2, 0) is 16.6 Å². The summed E-state index contributed by atoms with van der Waals surface area (Å²) < 4.78 is 32.4. The molecule has 0 aliphatic heterocycles. The Morgan fingerprint density at radius 2 is 1.92 bits per heavy atom. The van der Waals surface area contributed by atoms with Gasteiger partial charge in [0.25, 0.3) is 0 Å². The molecule has 0 saturated heterocycles. The van der Waals surface area contributed by atoms with Gasteiger partial charge in [0.1, 0.15) is 0 Å². The summed E-state index contributed by atoms with van der Waals surface area (Å²) in [5, 5.41) is 4.40. The number of sulfonamides is 1. The van der Waals surface area contributed by atoms with E-state index in [1.54, 1.807) is 43.3 Å². The SMILES string of the molecule is Cc1nc(-c2cccc(S(=O)(=O)NCc3ccc(Cl)cc3)c2)no1. The zero-order chi connectivity index (χ0) is 17.2. The Balaban J connectivity index is 1.80. The highest BCUT2D eigenvalue weighted by Gasteiger charge is 2.16. The minimum atomic E-state index is -3.66. The highest BCUT2D eigenvalue weighted by molar-refractivity contribution is 7.89. The van der Waals surface area contributed by atoms with E-state index in [4.69, 9.17) is 16.1 Å². The molecule has 0 atom stereocenters. The topological polar surface area (TPSA) is 85.1 Å². The molecule has 0 fully saturated rings. The standard InChI is InChI=1S/C16H14ClN3O3S/c1-11-19-16(20-23-11)13-3-2-4-15(9-13)24(21,22)18-10-12-5-7-14(17)8-6-12/h2-9,18H,10H2,1H3. The Bertz CT molecular complexity index is 953. The second kappa shape index (κ2) is 6.72. The van der Waals surface area contributed by atoms with Crippen molar-refractivity contribution in [2.24, 2.45) is 0 Å². The van der Waals surface area contributed by atoms with E-state index in [1.807, 2.05) is 0 Å². The van der Waals surface area contributed by atoms with Crippen LogP contribution in [0.15, 0.2) is 57.9 Å². The molecule has 0 aliphatic carbocycles. The molecule has 0 aliphatic rings. The maximum absolute atomic E-state index is 12.5. The van der Waals surface area contributed by atoms with Gasteiger partial charge in [0.05, 0.1) is 4.90 Å². The van der Waals surface area contributed by atoms with E-state index < -0.39 is 10.0 Å². The first-order valence-corrected chi connectivity index (χ1v) is 8.95. The van der Waals surface area contributed by atoms with E-state index in [-0.39, 0.29) is 11.4 Å². The predicted molar refractivity (Wildman–Crippen MR) is 89.9 cm³/mol. The summed E-state index contributed by atoms with van der Waals surface area (Å²) in [6, 6.07) is 13.3. The van der Waals surface area contributed by atoms with Crippen LogP contribution in [0.2, 0.25) is 5.02 Å². The average Bonchev–Trinajstić information content (AvgIpc) is 3.01. The lowest BCUT2D eigenvalue weighted by Crippen LogP contribution is -2.23. The maximum atomic E-state index is 12.5. The molecule has 1 heterocycles. The number of nitrogens with zero attached hydrogens (tertiary/aromatic N) is 2. The van der Waals surface area contributed by atoms with E-state index in [0.717, 1.165) is 5.56 Å². The molecule has 0 amide bonds. The molecule has 0 spiro atoms. The van der Waals surface area contributed by atoms with Gasteiger partial charge in [0.2, 0.25) is 21.7 Å². The van der Waals surface area contributed by atoms with Gasteiger partial charge in [-0.05, 0) is 29.8 Å². The fraction of sp³-hybridized carbons (Fsp3) is 0.125. The van der Waals surface area contributed by atoms with Crippen LogP contribution in [-0.4, -0.2) is 18.6 Å². The number of nitrogens with one attached hydrogen (secondary N) is 1. The molecule has 0 unspecified atom stereocenters. The van der Waals surface area contributed by atoms with Crippen LogP contribution in [0, 0.1) is 6.92 Å². The van der Waals surface area contributed by atoms with Gasteiger partial charge in [-0.3, -0.25) is 0 Å². The summed E-state index contributed by atoms with van der Waals surface area (Å²) in [4.78, 5) is 4.24. The second-order valence-electron chi connectivity index (χ2n) is 5.12. The average molecular weight is 364 g/mol. The van der Waals surface area contributed by atoms with Gasteiger partial charge >= 0.3 is 0 Å².